The third-order valence-electron chi connectivity index (χ3n) is 4.46. The lowest BCUT2D eigenvalue weighted by Crippen LogP contribution is -2.39. The second kappa shape index (κ2) is 8.76. The summed E-state index contributed by atoms with van der Waals surface area (Å²) in [4.78, 5) is 22.2. The number of rotatable bonds is 7. The largest absolute Gasteiger partial charge is 0.483 e. The summed E-state index contributed by atoms with van der Waals surface area (Å²) >= 11 is 0. The van der Waals surface area contributed by atoms with E-state index in [1.165, 1.54) is 12.1 Å². The fourth-order valence-electron chi connectivity index (χ4n) is 2.90. The van der Waals surface area contributed by atoms with Gasteiger partial charge in [-0.3, -0.25) is 14.9 Å². The van der Waals surface area contributed by atoms with Gasteiger partial charge in [0.25, 0.3) is 15.9 Å². The third kappa shape index (κ3) is 5.10. The highest BCUT2D eigenvalue weighted by molar-refractivity contribution is 7.90. The van der Waals surface area contributed by atoms with Crippen LogP contribution in [-0.2, 0) is 14.8 Å². The van der Waals surface area contributed by atoms with Crippen molar-refractivity contribution in [1.29, 1.82) is 0 Å². The minimum Gasteiger partial charge on any atom is -0.483 e. The van der Waals surface area contributed by atoms with Gasteiger partial charge >= 0.3 is 5.69 Å². The molecule has 1 amide bonds. The molecule has 3 rings (SSSR count). The number of alkyl halides is 1. The molecule has 9 nitrogen and oxygen atoms in total. The fraction of sp³-hybridized carbons (Fsp3) is 0.316. The summed E-state index contributed by atoms with van der Waals surface area (Å²) < 4.78 is 51.8. The van der Waals surface area contributed by atoms with E-state index in [1.54, 1.807) is 18.2 Å². The quantitative estimate of drug-likeness (QED) is 0.520. The monoisotopic (exact) mass is 438 g/mol. The first-order valence-electron chi connectivity index (χ1n) is 9.00. The number of halogens is 1. The van der Waals surface area contributed by atoms with Crippen LogP contribution >= 0.6 is 0 Å². The van der Waals surface area contributed by atoms with Crippen molar-refractivity contribution in [2.45, 2.75) is 23.4 Å². The van der Waals surface area contributed by atoms with E-state index < -0.39 is 43.7 Å². The predicted octanol–water partition coefficient (Wildman–Crippen LogP) is 2.61. The smallest absolute Gasteiger partial charge is 0.312 e. The van der Waals surface area contributed by atoms with Crippen LogP contribution in [0, 0.1) is 10.1 Å². The van der Waals surface area contributed by atoms with Crippen molar-refractivity contribution in [1.82, 2.24) is 4.72 Å². The van der Waals surface area contributed by atoms with Gasteiger partial charge < -0.3 is 9.47 Å². The van der Waals surface area contributed by atoms with Gasteiger partial charge in [-0.25, -0.2) is 17.5 Å². The molecule has 160 valence electrons. The van der Waals surface area contributed by atoms with Crippen LogP contribution in [0.5, 0.6) is 5.75 Å². The highest BCUT2D eigenvalue weighted by Gasteiger charge is 2.35. The summed E-state index contributed by atoms with van der Waals surface area (Å²) in [5.41, 5.74) is -2.33. The van der Waals surface area contributed by atoms with Gasteiger partial charge in [0, 0.05) is 18.2 Å². The topological polar surface area (TPSA) is 125 Å². The first kappa shape index (κ1) is 21.7. The fourth-order valence-corrected chi connectivity index (χ4v) is 3.89. The van der Waals surface area contributed by atoms with E-state index in [2.05, 4.69) is 0 Å². The van der Waals surface area contributed by atoms with Crippen molar-refractivity contribution < 1.29 is 32.0 Å². The van der Waals surface area contributed by atoms with Crippen LogP contribution in [0.2, 0.25) is 0 Å². The number of nitrogens with zero attached hydrogens (tertiary/aromatic N) is 1. The molecule has 2 aromatic carbocycles. The molecular weight excluding hydrogens is 419 g/mol. The lowest BCUT2D eigenvalue weighted by molar-refractivity contribution is -0.386. The Morgan fingerprint density at radius 1 is 1.27 bits per heavy atom. The van der Waals surface area contributed by atoms with E-state index in [9.17, 15) is 27.7 Å². The first-order chi connectivity index (χ1) is 14.2. The molecule has 2 aromatic rings. The van der Waals surface area contributed by atoms with Crippen molar-refractivity contribution in [3.63, 3.8) is 0 Å². The van der Waals surface area contributed by atoms with Gasteiger partial charge in [-0.2, -0.15) is 0 Å². The van der Waals surface area contributed by atoms with Crippen LogP contribution in [0.1, 0.15) is 23.2 Å². The maximum absolute atomic E-state index is 14.6. The molecule has 0 spiro atoms. The molecule has 0 aromatic heterocycles. The van der Waals surface area contributed by atoms with Gasteiger partial charge in [0.15, 0.2) is 11.4 Å². The number of carbonyl (C=O) groups excluding carboxylic acids is 1. The minimum atomic E-state index is -4.38. The molecule has 0 radical (unpaired) electrons. The number of sulfonamides is 1. The zero-order valence-corrected chi connectivity index (χ0v) is 16.6. The molecule has 1 aliphatic rings. The zero-order chi connectivity index (χ0) is 21.8. The number of hydrogen-bond donors (Lipinski definition) is 1. The Morgan fingerprint density at radius 2 is 2.00 bits per heavy atom. The molecule has 1 atom stereocenters. The van der Waals surface area contributed by atoms with Gasteiger partial charge in [-0.15, -0.1) is 0 Å². The molecular formula is C19H19FN2O7S. The molecule has 1 N–H and O–H groups in total. The third-order valence-corrected chi connectivity index (χ3v) is 5.79. The highest BCUT2D eigenvalue weighted by Crippen LogP contribution is 2.32. The van der Waals surface area contributed by atoms with Crippen molar-refractivity contribution in [2.75, 3.05) is 19.8 Å². The van der Waals surface area contributed by atoms with E-state index in [1.807, 2.05) is 4.72 Å². The lowest BCUT2D eigenvalue weighted by atomic mass is 10.00. The summed E-state index contributed by atoms with van der Waals surface area (Å²) in [6, 6.07) is 10.5. The van der Waals surface area contributed by atoms with Crippen LogP contribution in [-0.4, -0.2) is 44.7 Å². The standard InChI is InChI=1S/C19H19FN2O7S/c20-19(9-4-10-28-12-19)13-29-17-8-7-15(11-16(17)22(24)25)30(26,27)21-18(23)14-5-2-1-3-6-14/h1-3,5-8,11H,4,9-10,12-13H2,(H,21,23). The Kier molecular flexibility index (Phi) is 6.32. The predicted molar refractivity (Wildman–Crippen MR) is 104 cm³/mol. The second-order valence-corrected chi connectivity index (χ2v) is 8.47. The maximum Gasteiger partial charge on any atom is 0.312 e. The molecule has 30 heavy (non-hydrogen) atoms. The highest BCUT2D eigenvalue weighted by atomic mass is 32.2. The van der Waals surface area contributed by atoms with Gasteiger partial charge in [-0.1, -0.05) is 18.2 Å². The van der Waals surface area contributed by atoms with Gasteiger partial charge in [0.05, 0.1) is 16.4 Å². The van der Waals surface area contributed by atoms with Crippen LogP contribution in [0.3, 0.4) is 0 Å². The zero-order valence-electron chi connectivity index (χ0n) is 15.7. The van der Waals surface area contributed by atoms with Crippen molar-refractivity contribution in [2.24, 2.45) is 0 Å². The molecule has 1 aliphatic heterocycles. The molecule has 0 saturated carbocycles. The van der Waals surface area contributed by atoms with E-state index >= 15 is 0 Å². The van der Waals surface area contributed by atoms with Gasteiger partial charge in [0.2, 0.25) is 0 Å². The number of amides is 1. The van der Waals surface area contributed by atoms with Crippen molar-refractivity contribution in [3.8, 4) is 5.75 Å². The Bertz CT molecular complexity index is 1040. The summed E-state index contributed by atoms with van der Waals surface area (Å²) in [5.74, 6) is -1.16. The molecule has 11 heteroatoms. The Morgan fingerprint density at radius 3 is 2.63 bits per heavy atom. The summed E-state index contributed by atoms with van der Waals surface area (Å²) in [7, 11) is -4.38. The van der Waals surface area contributed by atoms with Crippen LogP contribution in [0.25, 0.3) is 0 Å². The van der Waals surface area contributed by atoms with E-state index in [0.717, 1.165) is 18.2 Å². The lowest BCUT2D eigenvalue weighted by Gasteiger charge is -2.29. The Balaban J connectivity index is 1.80. The van der Waals surface area contributed by atoms with Crippen molar-refractivity contribution >= 4 is 21.6 Å². The van der Waals surface area contributed by atoms with E-state index in [0.29, 0.717) is 13.0 Å². The molecule has 0 aliphatic carbocycles. The molecule has 1 saturated heterocycles. The number of ether oxygens (including phenoxy) is 2. The number of hydrogen-bond acceptors (Lipinski definition) is 7. The minimum absolute atomic E-state index is 0.110. The SMILES string of the molecule is O=C(NS(=O)(=O)c1ccc(OCC2(F)CCCOC2)c([N+](=O)[O-])c1)c1ccccc1. The Hall–Kier alpha value is -3.05. The van der Waals surface area contributed by atoms with E-state index in [4.69, 9.17) is 9.47 Å². The Labute approximate surface area is 172 Å². The normalized spacial score (nSPS) is 19.1. The van der Waals surface area contributed by atoms with Crippen molar-refractivity contribution in [3.05, 3.63) is 64.2 Å². The molecule has 0 bridgehead atoms. The summed E-state index contributed by atoms with van der Waals surface area (Å²) in [6.07, 6.45) is 0.693. The number of nitrogens with one attached hydrogen (secondary N) is 1. The number of nitro groups is 1. The van der Waals surface area contributed by atoms with E-state index in [-0.39, 0.29) is 24.3 Å². The first-order valence-corrected chi connectivity index (χ1v) is 10.5. The van der Waals surface area contributed by atoms with Crippen LogP contribution in [0.15, 0.2) is 53.4 Å². The van der Waals surface area contributed by atoms with Gasteiger partial charge in [0.1, 0.15) is 6.61 Å². The molecule has 1 unspecified atom stereocenters. The average molecular weight is 438 g/mol. The number of carbonyl (C=O) groups is 1. The van der Waals surface area contributed by atoms with Crippen LogP contribution in [0.4, 0.5) is 10.1 Å². The average Bonchev–Trinajstić information content (AvgIpc) is 2.73. The summed E-state index contributed by atoms with van der Waals surface area (Å²) in [5, 5.41) is 11.4. The second-order valence-electron chi connectivity index (χ2n) is 6.78. The maximum atomic E-state index is 14.6. The number of nitro benzene ring substituents is 1. The summed E-state index contributed by atoms with van der Waals surface area (Å²) in [6.45, 7) is -0.212. The number of benzene rings is 2. The molecule has 1 fully saturated rings. The van der Waals surface area contributed by atoms with Crippen LogP contribution < -0.4 is 9.46 Å². The molecule has 1 heterocycles. The van der Waals surface area contributed by atoms with Gasteiger partial charge in [-0.05, 0) is 37.1 Å².